The van der Waals surface area contributed by atoms with Crippen molar-refractivity contribution in [1.82, 2.24) is 14.6 Å². The van der Waals surface area contributed by atoms with E-state index in [1.54, 1.807) is 31.5 Å². The van der Waals surface area contributed by atoms with Crippen LogP contribution in [-0.4, -0.2) is 38.4 Å². The van der Waals surface area contributed by atoms with Crippen LogP contribution in [0.1, 0.15) is 25.3 Å². The van der Waals surface area contributed by atoms with E-state index in [1.807, 2.05) is 0 Å². The van der Waals surface area contributed by atoms with Gasteiger partial charge >= 0.3 is 0 Å². The standard InChI is InChI=1S/C19H18N4O2S/c1-4-11-5-6-13(15(24)7-11)16-14-10-20-26-17(14)18(23-22-16)21-12-8-19(2,9-12)25-3/h1,5-7,10,12,24H,8-9H2,2-3H3,(H,21,23). The zero-order chi connectivity index (χ0) is 18.3. The van der Waals surface area contributed by atoms with Gasteiger partial charge in [-0.2, -0.15) is 4.37 Å². The highest BCUT2D eigenvalue weighted by Gasteiger charge is 2.40. The van der Waals surface area contributed by atoms with Crippen molar-refractivity contribution in [3.63, 3.8) is 0 Å². The van der Waals surface area contributed by atoms with Crippen LogP contribution in [0.4, 0.5) is 5.82 Å². The van der Waals surface area contributed by atoms with Crippen molar-refractivity contribution in [2.75, 3.05) is 12.4 Å². The van der Waals surface area contributed by atoms with Crippen LogP contribution in [-0.2, 0) is 4.74 Å². The first-order valence-electron chi connectivity index (χ1n) is 8.26. The smallest absolute Gasteiger partial charge is 0.168 e. The topological polar surface area (TPSA) is 80.2 Å². The summed E-state index contributed by atoms with van der Waals surface area (Å²) in [5.41, 5.74) is 1.73. The molecular weight excluding hydrogens is 348 g/mol. The quantitative estimate of drug-likeness (QED) is 0.689. The third kappa shape index (κ3) is 2.77. The number of terminal acetylenes is 1. The summed E-state index contributed by atoms with van der Waals surface area (Å²) in [6, 6.07) is 5.38. The maximum atomic E-state index is 10.3. The van der Waals surface area contributed by atoms with E-state index in [-0.39, 0.29) is 11.4 Å². The van der Waals surface area contributed by atoms with Gasteiger partial charge in [0.1, 0.15) is 16.1 Å². The summed E-state index contributed by atoms with van der Waals surface area (Å²) in [6.07, 6.45) is 8.97. The normalized spacial score (nSPS) is 22.0. The van der Waals surface area contributed by atoms with Crippen molar-refractivity contribution in [1.29, 1.82) is 0 Å². The Hall–Kier alpha value is -2.69. The minimum Gasteiger partial charge on any atom is -0.507 e. The number of nitrogens with zero attached hydrogens (tertiary/aromatic N) is 3. The molecule has 7 heteroatoms. The second-order valence-corrected chi connectivity index (χ2v) is 7.55. The summed E-state index contributed by atoms with van der Waals surface area (Å²) in [5.74, 6) is 3.31. The van der Waals surface area contributed by atoms with Gasteiger partial charge in [0.15, 0.2) is 5.82 Å². The van der Waals surface area contributed by atoms with E-state index in [0.29, 0.717) is 28.7 Å². The van der Waals surface area contributed by atoms with Crippen LogP contribution in [0.2, 0.25) is 0 Å². The molecule has 0 spiro atoms. The Morgan fingerprint density at radius 1 is 1.38 bits per heavy atom. The lowest BCUT2D eigenvalue weighted by Crippen LogP contribution is -2.49. The van der Waals surface area contributed by atoms with Crippen LogP contribution in [0.5, 0.6) is 5.75 Å². The summed E-state index contributed by atoms with van der Waals surface area (Å²) < 4.78 is 10.7. The zero-order valence-electron chi connectivity index (χ0n) is 14.5. The number of ether oxygens (including phenoxy) is 1. The average molecular weight is 366 g/mol. The van der Waals surface area contributed by atoms with Gasteiger partial charge in [-0.15, -0.1) is 16.6 Å². The fourth-order valence-electron chi connectivity index (χ4n) is 3.34. The minimum atomic E-state index is -0.0670. The molecule has 0 saturated heterocycles. The molecule has 6 nitrogen and oxygen atoms in total. The van der Waals surface area contributed by atoms with Crippen LogP contribution in [0.15, 0.2) is 24.4 Å². The number of phenolic OH excluding ortho intramolecular Hbond substituents is 1. The van der Waals surface area contributed by atoms with Gasteiger partial charge in [-0.3, -0.25) is 0 Å². The van der Waals surface area contributed by atoms with Crippen LogP contribution in [0, 0.1) is 12.3 Å². The Bertz CT molecular complexity index is 1020. The lowest BCUT2D eigenvalue weighted by Gasteiger charge is -2.44. The fraction of sp³-hybridized carbons (Fsp3) is 0.316. The number of rotatable bonds is 4. The van der Waals surface area contributed by atoms with Crippen molar-refractivity contribution >= 4 is 27.4 Å². The first kappa shape index (κ1) is 16.8. The average Bonchev–Trinajstić information content (AvgIpc) is 3.11. The van der Waals surface area contributed by atoms with Crippen molar-refractivity contribution < 1.29 is 9.84 Å². The molecule has 132 valence electrons. The second-order valence-electron chi connectivity index (χ2n) is 6.75. The molecule has 1 fully saturated rings. The molecule has 1 saturated carbocycles. The molecule has 1 aliphatic carbocycles. The molecule has 1 aromatic carbocycles. The Morgan fingerprint density at radius 3 is 2.88 bits per heavy atom. The van der Waals surface area contributed by atoms with Crippen molar-refractivity contribution in [3.8, 4) is 29.4 Å². The van der Waals surface area contributed by atoms with Gasteiger partial charge in [-0.25, -0.2) is 0 Å². The fourth-order valence-corrected chi connectivity index (χ4v) is 4.04. The number of aromatic hydroxyl groups is 1. The van der Waals surface area contributed by atoms with Gasteiger partial charge in [0.25, 0.3) is 0 Å². The summed E-state index contributed by atoms with van der Waals surface area (Å²) >= 11 is 1.36. The molecule has 4 rings (SSSR count). The highest BCUT2D eigenvalue weighted by atomic mass is 32.1. The number of hydrogen-bond acceptors (Lipinski definition) is 7. The predicted molar refractivity (Wildman–Crippen MR) is 102 cm³/mol. The lowest BCUT2D eigenvalue weighted by atomic mass is 9.77. The molecule has 0 bridgehead atoms. The molecule has 2 aromatic heterocycles. The number of hydrogen-bond donors (Lipinski definition) is 2. The summed E-state index contributed by atoms with van der Waals surface area (Å²) in [4.78, 5) is 0. The SMILES string of the molecule is C#Cc1ccc(-c2nnc(NC3CC(C)(OC)C3)c3sncc23)c(O)c1. The van der Waals surface area contributed by atoms with E-state index in [1.165, 1.54) is 11.5 Å². The molecule has 26 heavy (non-hydrogen) atoms. The van der Waals surface area contributed by atoms with E-state index in [2.05, 4.69) is 32.7 Å². The highest BCUT2D eigenvalue weighted by Crippen LogP contribution is 2.40. The maximum Gasteiger partial charge on any atom is 0.168 e. The Kier molecular flexibility index (Phi) is 4.02. The van der Waals surface area contributed by atoms with Gasteiger partial charge < -0.3 is 15.2 Å². The number of aromatic nitrogens is 3. The van der Waals surface area contributed by atoms with Gasteiger partial charge in [0, 0.05) is 29.7 Å². The van der Waals surface area contributed by atoms with E-state index in [0.717, 1.165) is 22.9 Å². The third-order valence-electron chi connectivity index (χ3n) is 4.90. The van der Waals surface area contributed by atoms with E-state index in [4.69, 9.17) is 11.2 Å². The van der Waals surface area contributed by atoms with E-state index < -0.39 is 0 Å². The molecule has 2 N–H and O–H groups in total. The molecule has 1 aliphatic rings. The number of benzene rings is 1. The Labute approximate surface area is 155 Å². The van der Waals surface area contributed by atoms with Crippen LogP contribution >= 0.6 is 11.5 Å². The summed E-state index contributed by atoms with van der Waals surface area (Å²) in [5, 5.41) is 23.3. The predicted octanol–water partition coefficient (Wildman–Crippen LogP) is 3.42. The van der Waals surface area contributed by atoms with Crippen LogP contribution in [0.25, 0.3) is 21.3 Å². The second kappa shape index (κ2) is 6.24. The van der Waals surface area contributed by atoms with E-state index in [9.17, 15) is 5.11 Å². The van der Waals surface area contributed by atoms with Crippen molar-refractivity contribution in [2.24, 2.45) is 0 Å². The molecule has 0 amide bonds. The maximum absolute atomic E-state index is 10.3. The number of anilines is 1. The Balaban J connectivity index is 1.68. The Morgan fingerprint density at radius 2 is 2.19 bits per heavy atom. The molecule has 0 aliphatic heterocycles. The molecule has 3 aromatic rings. The zero-order valence-corrected chi connectivity index (χ0v) is 15.3. The largest absolute Gasteiger partial charge is 0.507 e. The van der Waals surface area contributed by atoms with Gasteiger partial charge in [-0.05, 0) is 49.5 Å². The molecule has 0 radical (unpaired) electrons. The molecule has 2 heterocycles. The molecular formula is C19H18N4O2S. The highest BCUT2D eigenvalue weighted by molar-refractivity contribution is 7.14. The van der Waals surface area contributed by atoms with Crippen molar-refractivity contribution in [2.45, 2.75) is 31.4 Å². The first-order chi connectivity index (χ1) is 12.5. The molecule has 0 atom stereocenters. The van der Waals surface area contributed by atoms with Gasteiger partial charge in [-0.1, -0.05) is 5.92 Å². The minimum absolute atomic E-state index is 0.0670. The third-order valence-corrected chi connectivity index (χ3v) is 5.71. The van der Waals surface area contributed by atoms with Gasteiger partial charge in [0.05, 0.1) is 11.8 Å². The van der Waals surface area contributed by atoms with Crippen LogP contribution < -0.4 is 5.32 Å². The molecule has 0 unspecified atom stereocenters. The van der Waals surface area contributed by atoms with Gasteiger partial charge in [0.2, 0.25) is 0 Å². The van der Waals surface area contributed by atoms with Crippen molar-refractivity contribution in [3.05, 3.63) is 30.0 Å². The summed E-state index contributed by atoms with van der Waals surface area (Å²) in [6.45, 7) is 2.10. The summed E-state index contributed by atoms with van der Waals surface area (Å²) in [7, 11) is 1.74. The first-order valence-corrected chi connectivity index (χ1v) is 9.03. The number of fused-ring (bicyclic) bond motifs is 1. The lowest BCUT2D eigenvalue weighted by molar-refractivity contribution is -0.0625. The number of phenols is 1. The number of nitrogens with one attached hydrogen (secondary N) is 1. The monoisotopic (exact) mass is 366 g/mol. The number of methoxy groups -OCH3 is 1. The van der Waals surface area contributed by atoms with Crippen LogP contribution in [0.3, 0.4) is 0 Å². The van der Waals surface area contributed by atoms with E-state index >= 15 is 0 Å².